The van der Waals surface area contributed by atoms with E-state index >= 15 is 0 Å². The molecule has 0 aliphatic heterocycles. The van der Waals surface area contributed by atoms with E-state index in [9.17, 15) is 14.7 Å². The lowest BCUT2D eigenvalue weighted by Crippen LogP contribution is -2.30. The van der Waals surface area contributed by atoms with E-state index < -0.39 is 6.10 Å². The maximum Gasteiger partial charge on any atom is 0.224 e. The minimum Gasteiger partial charge on any atom is -0.497 e. The summed E-state index contributed by atoms with van der Waals surface area (Å²) in [6, 6.07) is 16.9. The molecular formula is C30H34ClN3O5S. The van der Waals surface area contributed by atoms with Gasteiger partial charge in [-0.05, 0) is 48.5 Å². The van der Waals surface area contributed by atoms with Crippen LogP contribution in [0.5, 0.6) is 5.75 Å². The Hall–Kier alpha value is -3.24. The summed E-state index contributed by atoms with van der Waals surface area (Å²) >= 11 is 7.58. The number of amides is 1. The Balaban J connectivity index is 1.30. The molecule has 40 heavy (non-hydrogen) atoms. The Kier molecular flexibility index (Phi) is 10.3. The van der Waals surface area contributed by atoms with E-state index in [1.807, 2.05) is 48.3 Å². The molecular weight excluding hydrogens is 550 g/mol. The Morgan fingerprint density at radius 1 is 1.18 bits per heavy atom. The van der Waals surface area contributed by atoms with Crippen molar-refractivity contribution in [3.05, 3.63) is 98.5 Å². The van der Waals surface area contributed by atoms with Gasteiger partial charge in [-0.15, -0.1) is 0 Å². The molecule has 0 aliphatic carbocycles. The van der Waals surface area contributed by atoms with Gasteiger partial charge in [0.2, 0.25) is 11.6 Å². The van der Waals surface area contributed by atoms with E-state index in [0.717, 1.165) is 17.1 Å². The number of aromatic nitrogens is 1. The number of nitrogens with zero attached hydrogens (tertiary/aromatic N) is 2. The summed E-state index contributed by atoms with van der Waals surface area (Å²) in [4.78, 5) is 27.7. The van der Waals surface area contributed by atoms with Crippen molar-refractivity contribution in [3.63, 3.8) is 0 Å². The van der Waals surface area contributed by atoms with Crippen molar-refractivity contribution in [1.29, 1.82) is 0 Å². The highest BCUT2D eigenvalue weighted by molar-refractivity contribution is 7.98. The number of furan rings is 1. The SMILES string of the molecule is COc1ccc(CSCC(O)CN(C)Cc2cc3c(=O)c(CC(=O)NCc4ccc(Cl)cc4)cn(C)c3o2)cc1. The zero-order chi connectivity index (χ0) is 28.6. The van der Waals surface area contributed by atoms with Gasteiger partial charge < -0.3 is 24.1 Å². The Bertz CT molecular complexity index is 1480. The van der Waals surface area contributed by atoms with E-state index in [1.165, 1.54) is 5.56 Å². The summed E-state index contributed by atoms with van der Waals surface area (Å²) in [6.45, 7) is 1.25. The molecule has 2 aromatic heterocycles. The van der Waals surface area contributed by atoms with Crippen molar-refractivity contribution in [1.82, 2.24) is 14.8 Å². The number of nitrogens with one attached hydrogen (secondary N) is 1. The van der Waals surface area contributed by atoms with Crippen molar-refractivity contribution < 1.29 is 19.1 Å². The molecule has 0 aliphatic rings. The number of likely N-dealkylation sites (N-methyl/N-ethyl adjacent to an activating group) is 1. The minimum atomic E-state index is -0.512. The number of thioether (sulfide) groups is 1. The second kappa shape index (κ2) is 13.9. The average Bonchev–Trinajstić information content (AvgIpc) is 3.36. The normalized spacial score (nSPS) is 12.2. The zero-order valence-electron chi connectivity index (χ0n) is 22.9. The van der Waals surface area contributed by atoms with Crippen molar-refractivity contribution in [2.24, 2.45) is 7.05 Å². The van der Waals surface area contributed by atoms with Gasteiger partial charge in [0.25, 0.3) is 0 Å². The molecule has 0 saturated carbocycles. The molecule has 8 nitrogen and oxygen atoms in total. The van der Waals surface area contributed by atoms with Gasteiger partial charge in [0.05, 0.1) is 31.6 Å². The van der Waals surface area contributed by atoms with Gasteiger partial charge in [-0.3, -0.25) is 14.5 Å². The first-order valence-corrected chi connectivity index (χ1v) is 14.4. The molecule has 4 rings (SSSR count). The molecule has 2 aromatic carbocycles. The van der Waals surface area contributed by atoms with Gasteiger partial charge in [-0.25, -0.2) is 0 Å². The molecule has 0 saturated heterocycles. The molecule has 0 bridgehead atoms. The van der Waals surface area contributed by atoms with Crippen LogP contribution in [-0.2, 0) is 37.1 Å². The van der Waals surface area contributed by atoms with Crippen molar-refractivity contribution >= 4 is 40.4 Å². The van der Waals surface area contributed by atoms with Crippen LogP contribution in [0.3, 0.4) is 0 Å². The average molecular weight is 584 g/mol. The standard InChI is InChI=1S/C30H34ClN3O5S/c1-33(16-24(35)19-40-18-21-6-10-25(38-3)11-7-21)17-26-13-27-29(37)22(15-34(2)30(27)39-26)12-28(36)32-14-20-4-8-23(31)9-5-20/h4-11,13,15,24,35H,12,14,16-19H2,1-3H3,(H,32,36). The minimum absolute atomic E-state index is 0.0308. The molecule has 1 amide bonds. The number of methoxy groups -OCH3 is 1. The number of fused-ring (bicyclic) bond motifs is 1. The van der Waals surface area contributed by atoms with Gasteiger partial charge in [0.15, 0.2) is 5.43 Å². The van der Waals surface area contributed by atoms with Crippen LogP contribution in [-0.4, -0.2) is 53.0 Å². The molecule has 1 atom stereocenters. The summed E-state index contributed by atoms with van der Waals surface area (Å²) in [5.74, 6) is 2.60. The van der Waals surface area contributed by atoms with Crippen LogP contribution in [0.1, 0.15) is 22.5 Å². The fraction of sp³-hybridized carbons (Fsp3) is 0.333. The summed E-state index contributed by atoms with van der Waals surface area (Å²) in [5, 5.41) is 14.4. The molecule has 0 spiro atoms. The summed E-state index contributed by atoms with van der Waals surface area (Å²) in [5.41, 5.74) is 2.73. The molecule has 2 N–H and O–H groups in total. The number of aliphatic hydroxyl groups is 1. The third-order valence-corrected chi connectivity index (χ3v) is 7.82. The largest absolute Gasteiger partial charge is 0.497 e. The predicted octanol–water partition coefficient (Wildman–Crippen LogP) is 4.38. The monoisotopic (exact) mass is 583 g/mol. The quantitative estimate of drug-likeness (QED) is 0.241. The van der Waals surface area contributed by atoms with Gasteiger partial charge in [0, 0.05) is 48.4 Å². The number of carbonyl (C=O) groups is 1. The maximum absolute atomic E-state index is 13.1. The van der Waals surface area contributed by atoms with Crippen LogP contribution in [0.25, 0.3) is 11.1 Å². The number of halogens is 1. The fourth-order valence-electron chi connectivity index (χ4n) is 4.40. The third kappa shape index (κ3) is 8.14. The third-order valence-electron chi connectivity index (χ3n) is 6.41. The number of ether oxygens (including phenoxy) is 1. The highest BCUT2D eigenvalue weighted by Gasteiger charge is 2.17. The number of pyridine rings is 1. The van der Waals surface area contributed by atoms with Gasteiger partial charge in [-0.1, -0.05) is 35.9 Å². The fourth-order valence-corrected chi connectivity index (χ4v) is 5.45. The first kappa shape index (κ1) is 29.7. The Morgan fingerprint density at radius 3 is 2.58 bits per heavy atom. The van der Waals surface area contributed by atoms with E-state index in [2.05, 4.69) is 5.32 Å². The number of hydrogen-bond acceptors (Lipinski definition) is 7. The highest BCUT2D eigenvalue weighted by Crippen LogP contribution is 2.20. The lowest BCUT2D eigenvalue weighted by atomic mass is 10.1. The molecule has 4 aromatic rings. The first-order chi connectivity index (χ1) is 19.2. The second-order valence-corrected chi connectivity index (χ2v) is 11.3. The second-order valence-electron chi connectivity index (χ2n) is 9.82. The van der Waals surface area contributed by atoms with Crippen molar-refractivity contribution in [2.75, 3.05) is 26.5 Å². The topological polar surface area (TPSA) is 96.9 Å². The molecule has 0 fully saturated rings. The smallest absolute Gasteiger partial charge is 0.224 e. The van der Waals surface area contributed by atoms with Crippen LogP contribution in [0.4, 0.5) is 0 Å². The van der Waals surface area contributed by atoms with Gasteiger partial charge in [0.1, 0.15) is 11.5 Å². The maximum atomic E-state index is 13.1. The zero-order valence-corrected chi connectivity index (χ0v) is 24.4. The highest BCUT2D eigenvalue weighted by atomic mass is 35.5. The lowest BCUT2D eigenvalue weighted by molar-refractivity contribution is -0.120. The Morgan fingerprint density at radius 2 is 1.88 bits per heavy atom. The summed E-state index contributed by atoms with van der Waals surface area (Å²) in [6.07, 6.45) is 1.10. The molecule has 2 heterocycles. The molecule has 0 radical (unpaired) electrons. The van der Waals surface area contributed by atoms with Crippen LogP contribution < -0.4 is 15.5 Å². The predicted molar refractivity (Wildman–Crippen MR) is 160 cm³/mol. The number of benzene rings is 2. The number of hydrogen-bond donors (Lipinski definition) is 2. The number of aryl methyl sites for hydroxylation is 1. The number of aliphatic hydroxyl groups excluding tert-OH is 1. The van der Waals surface area contributed by atoms with E-state index in [4.69, 9.17) is 20.8 Å². The van der Waals surface area contributed by atoms with Crippen LogP contribution in [0.2, 0.25) is 5.02 Å². The summed E-state index contributed by atoms with van der Waals surface area (Å²) in [7, 11) is 5.34. The van der Waals surface area contributed by atoms with Crippen molar-refractivity contribution in [3.8, 4) is 5.75 Å². The lowest BCUT2D eigenvalue weighted by Gasteiger charge is -2.19. The van der Waals surface area contributed by atoms with E-state index in [1.54, 1.807) is 54.9 Å². The van der Waals surface area contributed by atoms with E-state index in [0.29, 0.717) is 52.8 Å². The van der Waals surface area contributed by atoms with Crippen LogP contribution >= 0.6 is 23.4 Å². The Labute approximate surface area is 242 Å². The number of carbonyl (C=O) groups excluding carboxylic acids is 1. The molecule has 212 valence electrons. The first-order valence-electron chi connectivity index (χ1n) is 12.9. The van der Waals surface area contributed by atoms with Gasteiger partial charge >= 0.3 is 0 Å². The van der Waals surface area contributed by atoms with Crippen LogP contribution in [0.15, 0.2) is 70.0 Å². The number of rotatable bonds is 13. The van der Waals surface area contributed by atoms with Crippen molar-refractivity contribution in [2.45, 2.75) is 31.4 Å². The van der Waals surface area contributed by atoms with Gasteiger partial charge in [-0.2, -0.15) is 11.8 Å². The molecule has 1 unspecified atom stereocenters. The summed E-state index contributed by atoms with van der Waals surface area (Å²) < 4.78 is 12.9. The molecule has 10 heteroatoms. The van der Waals surface area contributed by atoms with E-state index in [-0.39, 0.29) is 17.8 Å². The van der Waals surface area contributed by atoms with Crippen LogP contribution in [0, 0.1) is 0 Å².